The van der Waals surface area contributed by atoms with Gasteiger partial charge in [-0.2, -0.15) is 13.2 Å². The molecule has 0 spiro atoms. The highest BCUT2D eigenvalue weighted by atomic mass is 35.5. The zero-order valence-corrected chi connectivity index (χ0v) is 16.7. The van der Waals surface area contributed by atoms with E-state index < -0.39 is 24.3 Å². The SMILES string of the molecule is COc1cc2c(CC(=O)C(F)(F)F)c(C)n(C(=O)c3ccc(Cl)cc3)c2cc1Cl. The van der Waals surface area contributed by atoms with Crippen molar-refractivity contribution >= 4 is 45.8 Å². The minimum absolute atomic E-state index is 0.0830. The molecule has 0 N–H and O–H groups in total. The van der Waals surface area contributed by atoms with Gasteiger partial charge in [0.25, 0.3) is 5.91 Å². The molecule has 0 radical (unpaired) electrons. The maximum Gasteiger partial charge on any atom is 0.450 e. The number of aromatic nitrogens is 1. The van der Waals surface area contributed by atoms with Gasteiger partial charge < -0.3 is 4.74 Å². The highest BCUT2D eigenvalue weighted by Gasteiger charge is 2.39. The van der Waals surface area contributed by atoms with Crippen molar-refractivity contribution in [1.29, 1.82) is 0 Å². The van der Waals surface area contributed by atoms with Gasteiger partial charge >= 0.3 is 6.18 Å². The monoisotopic (exact) mass is 443 g/mol. The van der Waals surface area contributed by atoms with E-state index >= 15 is 0 Å². The highest BCUT2D eigenvalue weighted by Crippen LogP contribution is 2.36. The van der Waals surface area contributed by atoms with Crippen LogP contribution in [0.3, 0.4) is 0 Å². The van der Waals surface area contributed by atoms with Crippen molar-refractivity contribution in [3.63, 3.8) is 0 Å². The van der Waals surface area contributed by atoms with Gasteiger partial charge in [-0.05, 0) is 48.9 Å². The lowest BCUT2D eigenvalue weighted by atomic mass is 10.0. The first-order valence-electron chi connectivity index (χ1n) is 8.32. The van der Waals surface area contributed by atoms with Crippen LogP contribution in [-0.4, -0.2) is 29.5 Å². The van der Waals surface area contributed by atoms with Crippen LogP contribution in [0.15, 0.2) is 36.4 Å². The average Bonchev–Trinajstić information content (AvgIpc) is 2.91. The number of benzene rings is 2. The lowest BCUT2D eigenvalue weighted by Crippen LogP contribution is -2.25. The fraction of sp³-hybridized carbons (Fsp3) is 0.200. The van der Waals surface area contributed by atoms with Gasteiger partial charge in [-0.3, -0.25) is 14.2 Å². The molecular formula is C20H14Cl2F3NO3. The van der Waals surface area contributed by atoms with Crippen LogP contribution in [0, 0.1) is 6.92 Å². The number of halogens is 5. The summed E-state index contributed by atoms with van der Waals surface area (Å²) >= 11 is 12.0. The predicted octanol–water partition coefficient (Wildman–Crippen LogP) is 5.63. The van der Waals surface area contributed by atoms with E-state index in [2.05, 4.69) is 0 Å². The third-order valence-electron chi connectivity index (χ3n) is 4.56. The molecule has 1 aromatic heterocycles. The molecule has 0 fully saturated rings. The summed E-state index contributed by atoms with van der Waals surface area (Å²) in [4.78, 5) is 24.7. The number of Topliss-reactive ketones (excluding diaryl/α,β-unsaturated/α-hetero) is 1. The largest absolute Gasteiger partial charge is 0.495 e. The fourth-order valence-electron chi connectivity index (χ4n) is 3.10. The standard InChI is InChI=1S/C20H14Cl2F3NO3/c1-10-13(8-18(27)20(23,24)25)14-7-17(29-2)15(22)9-16(14)26(10)19(28)11-3-5-12(21)6-4-11/h3-7,9H,8H2,1-2H3. The fourth-order valence-corrected chi connectivity index (χ4v) is 3.46. The van der Waals surface area contributed by atoms with Crippen LogP contribution in [0.25, 0.3) is 10.9 Å². The Bertz CT molecular complexity index is 1120. The van der Waals surface area contributed by atoms with Gasteiger partial charge in [0.15, 0.2) is 0 Å². The molecular weight excluding hydrogens is 430 g/mol. The first-order chi connectivity index (χ1) is 13.5. The van der Waals surface area contributed by atoms with Crippen molar-refractivity contribution in [2.45, 2.75) is 19.5 Å². The Hall–Kier alpha value is -2.51. The second-order valence-corrected chi connectivity index (χ2v) is 7.16. The number of hydrogen-bond acceptors (Lipinski definition) is 3. The second-order valence-electron chi connectivity index (χ2n) is 6.31. The summed E-state index contributed by atoms with van der Waals surface area (Å²) in [5.41, 5.74) is 0.842. The lowest BCUT2D eigenvalue weighted by Gasteiger charge is -2.09. The summed E-state index contributed by atoms with van der Waals surface area (Å²) in [5, 5.41) is 0.889. The van der Waals surface area contributed by atoms with Gasteiger partial charge in [0.2, 0.25) is 5.78 Å². The molecule has 0 saturated heterocycles. The van der Waals surface area contributed by atoms with E-state index in [4.69, 9.17) is 27.9 Å². The number of carbonyl (C=O) groups excluding carboxylic acids is 2. The molecule has 0 amide bonds. The molecule has 0 unspecified atom stereocenters. The number of ether oxygens (including phenoxy) is 1. The average molecular weight is 444 g/mol. The number of rotatable bonds is 4. The van der Waals surface area contributed by atoms with Crippen LogP contribution in [0.1, 0.15) is 21.6 Å². The molecule has 3 aromatic rings. The molecule has 4 nitrogen and oxygen atoms in total. The maximum absolute atomic E-state index is 13.1. The second kappa shape index (κ2) is 7.72. The third kappa shape index (κ3) is 3.97. The molecule has 9 heteroatoms. The van der Waals surface area contributed by atoms with Crippen LogP contribution in [0.4, 0.5) is 13.2 Å². The van der Waals surface area contributed by atoms with Crippen LogP contribution in [0.5, 0.6) is 5.75 Å². The van der Waals surface area contributed by atoms with Crippen LogP contribution in [0.2, 0.25) is 10.0 Å². The molecule has 29 heavy (non-hydrogen) atoms. The Morgan fingerprint density at radius 2 is 1.72 bits per heavy atom. The van der Waals surface area contributed by atoms with E-state index in [9.17, 15) is 22.8 Å². The Morgan fingerprint density at radius 3 is 2.28 bits per heavy atom. The maximum atomic E-state index is 13.1. The van der Waals surface area contributed by atoms with Crippen molar-refractivity contribution < 1.29 is 27.5 Å². The van der Waals surface area contributed by atoms with E-state index in [-0.39, 0.29) is 38.5 Å². The summed E-state index contributed by atoms with van der Waals surface area (Å²) in [5.74, 6) is -2.18. The molecule has 0 aliphatic rings. The molecule has 0 atom stereocenters. The first kappa shape index (κ1) is 21.2. The first-order valence-corrected chi connectivity index (χ1v) is 9.08. The zero-order valence-electron chi connectivity index (χ0n) is 15.2. The van der Waals surface area contributed by atoms with Crippen molar-refractivity contribution in [2.24, 2.45) is 0 Å². The van der Waals surface area contributed by atoms with Crippen molar-refractivity contribution in [2.75, 3.05) is 7.11 Å². The predicted molar refractivity (Wildman–Crippen MR) is 104 cm³/mol. The molecule has 0 bridgehead atoms. The van der Waals surface area contributed by atoms with Crippen LogP contribution < -0.4 is 4.74 Å². The van der Waals surface area contributed by atoms with Crippen LogP contribution in [-0.2, 0) is 11.2 Å². The van der Waals surface area contributed by atoms with Gasteiger partial charge in [0, 0.05) is 28.1 Å². The van der Waals surface area contributed by atoms with E-state index in [0.717, 1.165) is 0 Å². The number of carbonyl (C=O) groups is 2. The summed E-state index contributed by atoms with van der Waals surface area (Å²) in [6.07, 6.45) is -5.89. The quantitative estimate of drug-likeness (QED) is 0.525. The van der Waals surface area contributed by atoms with E-state index in [1.807, 2.05) is 0 Å². The number of alkyl halides is 3. The topological polar surface area (TPSA) is 48.3 Å². The van der Waals surface area contributed by atoms with E-state index in [1.165, 1.54) is 55.0 Å². The minimum Gasteiger partial charge on any atom is -0.495 e. The molecule has 0 saturated carbocycles. The van der Waals surface area contributed by atoms with Gasteiger partial charge in [-0.1, -0.05) is 23.2 Å². The van der Waals surface area contributed by atoms with Gasteiger partial charge in [0.05, 0.1) is 17.6 Å². The third-order valence-corrected chi connectivity index (χ3v) is 5.10. The molecule has 152 valence electrons. The van der Waals surface area contributed by atoms with Gasteiger partial charge in [0.1, 0.15) is 5.75 Å². The zero-order chi connectivity index (χ0) is 21.5. The van der Waals surface area contributed by atoms with Crippen molar-refractivity contribution in [3.8, 4) is 5.75 Å². The molecule has 3 rings (SSSR count). The number of fused-ring (bicyclic) bond motifs is 1. The van der Waals surface area contributed by atoms with Gasteiger partial charge in [-0.25, -0.2) is 0 Å². The Kier molecular flexibility index (Phi) is 5.65. The Morgan fingerprint density at radius 1 is 1.10 bits per heavy atom. The van der Waals surface area contributed by atoms with Crippen molar-refractivity contribution in [1.82, 2.24) is 4.57 Å². The Balaban J connectivity index is 2.25. The summed E-state index contributed by atoms with van der Waals surface area (Å²) in [7, 11) is 1.36. The molecule has 1 heterocycles. The minimum atomic E-state index is -4.99. The molecule has 0 aliphatic carbocycles. The highest BCUT2D eigenvalue weighted by molar-refractivity contribution is 6.33. The Labute approximate surface area is 173 Å². The molecule has 0 aliphatic heterocycles. The van der Waals surface area contributed by atoms with Crippen LogP contribution >= 0.6 is 23.2 Å². The lowest BCUT2D eigenvalue weighted by molar-refractivity contribution is -0.170. The summed E-state index contributed by atoms with van der Waals surface area (Å²) < 4.78 is 45.0. The summed E-state index contributed by atoms with van der Waals surface area (Å²) in [6.45, 7) is 1.48. The normalized spacial score (nSPS) is 11.7. The van der Waals surface area contributed by atoms with E-state index in [0.29, 0.717) is 5.02 Å². The van der Waals surface area contributed by atoms with E-state index in [1.54, 1.807) is 0 Å². The smallest absolute Gasteiger partial charge is 0.450 e. The van der Waals surface area contributed by atoms with Crippen molar-refractivity contribution in [3.05, 3.63) is 63.3 Å². The number of methoxy groups -OCH3 is 1. The number of hydrogen-bond donors (Lipinski definition) is 0. The molecule has 2 aromatic carbocycles. The summed E-state index contributed by atoms with van der Waals surface area (Å²) in [6, 6.07) is 8.91. The number of nitrogens with zero attached hydrogens (tertiary/aromatic N) is 1. The van der Waals surface area contributed by atoms with Gasteiger partial charge in [-0.15, -0.1) is 0 Å². The number of ketones is 1.